The number of aromatic nitrogens is 4. The first-order chi connectivity index (χ1) is 26.2. The van der Waals surface area contributed by atoms with E-state index in [0.717, 1.165) is 77.9 Å². The maximum atomic E-state index is 5.52. The highest BCUT2D eigenvalue weighted by Gasteiger charge is 2.25. The lowest BCUT2D eigenvalue weighted by atomic mass is 9.94. The Labute approximate surface area is 311 Å². The maximum Gasteiger partial charge on any atom is 0.235 e. The van der Waals surface area contributed by atoms with E-state index in [4.69, 9.17) is 15.0 Å². The molecule has 3 aromatic heterocycles. The van der Waals surface area contributed by atoms with Crippen molar-refractivity contribution in [1.82, 2.24) is 19.5 Å². The molecule has 0 unspecified atom stereocenters. The molecule has 4 nitrogen and oxygen atoms in total. The zero-order valence-electron chi connectivity index (χ0n) is 28.8. The molecule has 0 spiro atoms. The van der Waals surface area contributed by atoms with Gasteiger partial charge in [0.2, 0.25) is 5.95 Å². The van der Waals surface area contributed by atoms with Gasteiger partial charge in [-0.15, -0.1) is 11.8 Å². The van der Waals surface area contributed by atoms with Crippen LogP contribution in [0.5, 0.6) is 0 Å². The topological polar surface area (TPSA) is 43.6 Å². The van der Waals surface area contributed by atoms with Gasteiger partial charge in [0.1, 0.15) is 11.2 Å². The van der Waals surface area contributed by atoms with Crippen LogP contribution in [0.15, 0.2) is 182 Å². The van der Waals surface area contributed by atoms with Gasteiger partial charge in [-0.2, -0.15) is 0 Å². The van der Waals surface area contributed by atoms with Gasteiger partial charge in [-0.05, 0) is 75.0 Å². The molecule has 4 heterocycles. The second kappa shape index (κ2) is 12.9. The van der Waals surface area contributed by atoms with Gasteiger partial charge in [-0.25, -0.2) is 9.97 Å². The highest BCUT2D eigenvalue weighted by atomic mass is 32.2. The fraction of sp³-hybridized carbons (Fsp3) is 0.0208. The lowest BCUT2D eigenvalue weighted by molar-refractivity contribution is 1.01. The van der Waals surface area contributed by atoms with Crippen LogP contribution in [0, 0.1) is 0 Å². The third-order valence-electron chi connectivity index (χ3n) is 10.0. The predicted molar refractivity (Wildman–Crippen MR) is 224 cm³/mol. The van der Waals surface area contributed by atoms with E-state index in [2.05, 4.69) is 163 Å². The second-order valence-electron chi connectivity index (χ2n) is 13.2. The third kappa shape index (κ3) is 5.28. The summed E-state index contributed by atoms with van der Waals surface area (Å²) in [4.78, 5) is 16.9. The largest absolute Gasteiger partial charge is 0.277 e. The van der Waals surface area contributed by atoms with Gasteiger partial charge in [0.05, 0.1) is 16.6 Å². The van der Waals surface area contributed by atoms with E-state index in [-0.39, 0.29) is 0 Å². The van der Waals surface area contributed by atoms with Crippen molar-refractivity contribution in [1.29, 1.82) is 0 Å². The van der Waals surface area contributed by atoms with Crippen molar-refractivity contribution >= 4 is 60.9 Å². The first-order valence-electron chi connectivity index (χ1n) is 17.8. The average Bonchev–Trinajstić information content (AvgIpc) is 3.60. The van der Waals surface area contributed by atoms with Crippen LogP contribution in [0.4, 0.5) is 0 Å². The van der Waals surface area contributed by atoms with Crippen molar-refractivity contribution in [2.24, 2.45) is 0 Å². The molecule has 0 saturated carbocycles. The van der Waals surface area contributed by atoms with Gasteiger partial charge in [-0.1, -0.05) is 134 Å². The normalized spacial score (nSPS) is 14.2. The lowest BCUT2D eigenvalue weighted by Crippen LogP contribution is -2.06. The molecular formula is C48H32N4S. The van der Waals surface area contributed by atoms with Crippen molar-refractivity contribution in [3.05, 3.63) is 182 Å². The van der Waals surface area contributed by atoms with Crippen molar-refractivity contribution < 1.29 is 0 Å². The summed E-state index contributed by atoms with van der Waals surface area (Å²) in [6.07, 6.45) is 10.4. The van der Waals surface area contributed by atoms with Gasteiger partial charge in [-0.3, -0.25) is 9.55 Å². The monoisotopic (exact) mass is 696 g/mol. The van der Waals surface area contributed by atoms with Gasteiger partial charge in [0.25, 0.3) is 0 Å². The van der Waals surface area contributed by atoms with Crippen LogP contribution < -0.4 is 0 Å². The summed E-state index contributed by atoms with van der Waals surface area (Å²) < 4.78 is 2.26. The lowest BCUT2D eigenvalue weighted by Gasteiger charge is -2.18. The number of pyridine rings is 1. The summed E-state index contributed by atoms with van der Waals surface area (Å²) >= 11 is 1.85. The fourth-order valence-corrected chi connectivity index (χ4v) is 8.76. The summed E-state index contributed by atoms with van der Waals surface area (Å²) in [7, 11) is 0. The van der Waals surface area contributed by atoms with Crippen molar-refractivity contribution in [2.45, 2.75) is 4.90 Å². The molecule has 0 saturated heterocycles. The summed E-state index contributed by atoms with van der Waals surface area (Å²) in [6, 6.07) is 49.1. The van der Waals surface area contributed by atoms with Crippen LogP contribution in [-0.2, 0) is 0 Å². The van der Waals surface area contributed by atoms with Crippen LogP contribution in [0.25, 0.3) is 88.6 Å². The first-order valence-corrected chi connectivity index (χ1v) is 18.7. The quantitative estimate of drug-likeness (QED) is 0.184. The number of para-hydroxylation sites is 1. The Balaban J connectivity index is 1.33. The summed E-state index contributed by atoms with van der Waals surface area (Å²) in [5, 5.41) is 4.75. The number of rotatable bonds is 4. The fourth-order valence-electron chi connectivity index (χ4n) is 7.68. The Morgan fingerprint density at radius 2 is 1.26 bits per heavy atom. The van der Waals surface area contributed by atoms with E-state index in [1.165, 1.54) is 21.1 Å². The van der Waals surface area contributed by atoms with Crippen LogP contribution in [0.3, 0.4) is 0 Å². The van der Waals surface area contributed by atoms with E-state index in [1.807, 2.05) is 30.1 Å². The Morgan fingerprint density at radius 1 is 0.604 bits per heavy atom. The van der Waals surface area contributed by atoms with E-state index >= 15 is 0 Å². The van der Waals surface area contributed by atoms with E-state index in [1.54, 1.807) is 0 Å². The van der Waals surface area contributed by atoms with Crippen LogP contribution in [0.1, 0.15) is 5.56 Å². The summed E-state index contributed by atoms with van der Waals surface area (Å²) in [5.74, 6) is 1.44. The zero-order chi connectivity index (χ0) is 35.3. The van der Waals surface area contributed by atoms with Crippen molar-refractivity contribution in [3.8, 4) is 39.5 Å². The standard InChI is InChI=1S/C48H32N4S/c1-31-16-5-4-14-27-53-47-38-22-11-10-21-37(38)43-39-23-12-13-25-41(39)52(46(43)42(31)47)48-50-40-24-15-26-49-45(40)44(51-48)36-29-34(32-17-6-2-7-18-32)28-35(30-36)33-19-8-3-9-20-33/h2-26,28-30H,1,27H2/b14-4-,16-5-. The molecule has 1 aliphatic heterocycles. The molecule has 5 heteroatoms. The first kappa shape index (κ1) is 31.2. The summed E-state index contributed by atoms with van der Waals surface area (Å²) in [5.41, 5.74) is 11.9. The van der Waals surface area contributed by atoms with Crippen LogP contribution >= 0.6 is 11.8 Å². The van der Waals surface area contributed by atoms with Crippen molar-refractivity contribution in [3.63, 3.8) is 0 Å². The van der Waals surface area contributed by atoms with Gasteiger partial charge in [0.15, 0.2) is 0 Å². The van der Waals surface area contributed by atoms with Gasteiger partial charge >= 0.3 is 0 Å². The smallest absolute Gasteiger partial charge is 0.235 e. The number of nitrogens with zero attached hydrogens (tertiary/aromatic N) is 4. The van der Waals surface area contributed by atoms with Crippen LogP contribution in [-0.4, -0.2) is 25.3 Å². The highest BCUT2D eigenvalue weighted by Crippen LogP contribution is 2.47. The summed E-state index contributed by atoms with van der Waals surface area (Å²) in [6.45, 7) is 4.65. The van der Waals surface area contributed by atoms with E-state index < -0.39 is 0 Å². The predicted octanol–water partition coefficient (Wildman–Crippen LogP) is 12.5. The number of hydrogen-bond donors (Lipinski definition) is 0. The molecule has 10 rings (SSSR count). The minimum atomic E-state index is 0.593. The molecule has 53 heavy (non-hydrogen) atoms. The molecule has 1 aliphatic rings. The molecule has 0 atom stereocenters. The molecule has 250 valence electrons. The molecule has 0 amide bonds. The third-order valence-corrected chi connectivity index (χ3v) is 11.1. The zero-order valence-corrected chi connectivity index (χ0v) is 29.6. The molecule has 0 bridgehead atoms. The number of hydrogen-bond acceptors (Lipinski definition) is 4. The Bertz CT molecular complexity index is 2900. The Morgan fingerprint density at radius 3 is 2.02 bits per heavy atom. The van der Waals surface area contributed by atoms with Crippen molar-refractivity contribution in [2.75, 3.05) is 5.75 Å². The molecule has 0 radical (unpaired) electrons. The minimum Gasteiger partial charge on any atom is -0.277 e. The van der Waals surface area contributed by atoms with Gasteiger partial charge in [0, 0.05) is 38.7 Å². The minimum absolute atomic E-state index is 0.593. The van der Waals surface area contributed by atoms with E-state index in [9.17, 15) is 0 Å². The second-order valence-corrected chi connectivity index (χ2v) is 14.3. The number of fused-ring (bicyclic) bond motifs is 9. The maximum absolute atomic E-state index is 5.52. The number of thioether (sulfide) groups is 1. The highest BCUT2D eigenvalue weighted by molar-refractivity contribution is 7.99. The molecular weight excluding hydrogens is 665 g/mol. The molecule has 9 aromatic rings. The van der Waals surface area contributed by atoms with Gasteiger partial charge < -0.3 is 0 Å². The number of benzene rings is 6. The van der Waals surface area contributed by atoms with Crippen LogP contribution in [0.2, 0.25) is 0 Å². The molecule has 0 N–H and O–H groups in total. The number of allylic oxidation sites excluding steroid dienone is 4. The average molecular weight is 697 g/mol. The molecule has 0 fully saturated rings. The Hall–Kier alpha value is -6.56. The van der Waals surface area contributed by atoms with E-state index in [0.29, 0.717) is 5.95 Å². The molecule has 6 aromatic carbocycles. The Kier molecular flexibility index (Phi) is 7.59. The SMILES string of the molecule is C=C1/C=C\C=C/CSc2c1c1c(c3ccccc23)c2ccccc2n1-c1nc(-c2cc(-c3ccccc3)cc(-c3ccccc3)c2)c2ncccc2n1. The molecule has 0 aliphatic carbocycles.